The minimum Gasteiger partial charge on any atom is -0.452 e. The van der Waals surface area contributed by atoms with Crippen molar-refractivity contribution < 1.29 is 9.53 Å². The number of nitrogens with zero attached hydrogens (tertiary/aromatic N) is 1. The van der Waals surface area contributed by atoms with E-state index in [9.17, 15) is 4.79 Å². The van der Waals surface area contributed by atoms with Gasteiger partial charge in [-0.2, -0.15) is 0 Å². The van der Waals surface area contributed by atoms with Gasteiger partial charge in [-0.25, -0.2) is 4.79 Å². The lowest BCUT2D eigenvalue weighted by Gasteiger charge is -2.11. The van der Waals surface area contributed by atoms with Crippen LogP contribution in [0.15, 0.2) is 0 Å². The summed E-state index contributed by atoms with van der Waals surface area (Å²) >= 11 is 6.38. The zero-order valence-electron chi connectivity index (χ0n) is 5.49. The van der Waals surface area contributed by atoms with Crippen LogP contribution in [0.5, 0.6) is 0 Å². The molecule has 0 aliphatic carbocycles. The Labute approximate surface area is 68.7 Å². The molecule has 0 unspecified atom stereocenters. The van der Waals surface area contributed by atoms with E-state index in [1.807, 2.05) is 0 Å². The van der Waals surface area contributed by atoms with Crippen LogP contribution >= 0.6 is 24.0 Å². The lowest BCUT2D eigenvalue weighted by molar-refractivity contribution is 0.149. The summed E-state index contributed by atoms with van der Waals surface area (Å²) in [5, 5.41) is 0. The highest BCUT2D eigenvalue weighted by Gasteiger charge is 2.24. The molecule has 1 amide bonds. The monoisotopic (exact) mass is 177 g/mol. The number of hydrogen-bond donors (Lipinski definition) is 0. The second-order valence-corrected chi connectivity index (χ2v) is 3.46. The molecule has 1 aliphatic heterocycles. The zero-order chi connectivity index (χ0) is 7.56. The molecule has 0 spiro atoms. The first-order chi connectivity index (χ1) is 4.75. The second kappa shape index (κ2) is 3.21. The number of ether oxygens (including phenoxy) is 1. The fourth-order valence-electron chi connectivity index (χ4n) is 0.669. The molecule has 10 heavy (non-hydrogen) atoms. The zero-order valence-corrected chi connectivity index (χ0v) is 7.13. The number of methoxy groups -OCH3 is 1. The third-order valence-corrected chi connectivity index (χ3v) is 2.58. The third-order valence-electron chi connectivity index (χ3n) is 1.16. The lowest BCUT2D eigenvalue weighted by atomic mass is 10.7. The number of thiocarbonyl (C=S) groups is 1. The smallest absolute Gasteiger partial charge is 0.415 e. The van der Waals surface area contributed by atoms with E-state index in [0.717, 1.165) is 5.75 Å². The number of amides is 1. The van der Waals surface area contributed by atoms with Crippen molar-refractivity contribution in [1.29, 1.82) is 0 Å². The highest BCUT2D eigenvalue weighted by atomic mass is 32.2. The van der Waals surface area contributed by atoms with Crippen molar-refractivity contribution in [3.05, 3.63) is 0 Å². The van der Waals surface area contributed by atoms with Gasteiger partial charge >= 0.3 is 6.09 Å². The van der Waals surface area contributed by atoms with Gasteiger partial charge in [0.2, 0.25) is 0 Å². The number of carbonyl (C=O) groups excluding carboxylic acids is 1. The van der Waals surface area contributed by atoms with E-state index in [4.69, 9.17) is 12.2 Å². The standard InChI is InChI=1S/C5H7NO2S2/c1-8-4(7)6-2-3-10-5(6)9/h2-3H2,1H3. The predicted octanol–water partition coefficient (Wildman–Crippen LogP) is 1.09. The predicted molar refractivity (Wildman–Crippen MR) is 44.2 cm³/mol. The molecule has 0 N–H and O–H groups in total. The molecule has 0 aromatic heterocycles. The first-order valence-electron chi connectivity index (χ1n) is 2.78. The highest BCUT2D eigenvalue weighted by Crippen LogP contribution is 2.17. The Morgan fingerprint density at radius 2 is 2.60 bits per heavy atom. The summed E-state index contributed by atoms with van der Waals surface area (Å²) < 4.78 is 5.11. The van der Waals surface area contributed by atoms with E-state index in [2.05, 4.69) is 4.74 Å². The van der Waals surface area contributed by atoms with Gasteiger partial charge < -0.3 is 4.74 Å². The molecule has 1 heterocycles. The van der Waals surface area contributed by atoms with Gasteiger partial charge in [-0.15, -0.1) is 0 Å². The van der Waals surface area contributed by atoms with Gasteiger partial charge in [0.05, 0.1) is 7.11 Å². The normalized spacial score (nSPS) is 17.7. The number of rotatable bonds is 0. The van der Waals surface area contributed by atoms with Crippen LogP contribution in [-0.4, -0.2) is 34.7 Å². The van der Waals surface area contributed by atoms with E-state index in [-0.39, 0.29) is 6.09 Å². The molecule has 0 bridgehead atoms. The summed E-state index contributed by atoms with van der Waals surface area (Å²) in [6.45, 7) is 0.677. The molecule has 1 aliphatic rings. The van der Waals surface area contributed by atoms with E-state index >= 15 is 0 Å². The molecular formula is C5H7NO2S2. The largest absolute Gasteiger partial charge is 0.452 e. The first kappa shape index (κ1) is 7.81. The second-order valence-electron chi connectivity index (χ2n) is 1.74. The van der Waals surface area contributed by atoms with Crippen molar-refractivity contribution in [1.82, 2.24) is 4.90 Å². The molecule has 0 saturated carbocycles. The summed E-state index contributed by atoms with van der Waals surface area (Å²) in [6.07, 6.45) is -0.352. The van der Waals surface area contributed by atoms with E-state index in [0.29, 0.717) is 10.9 Å². The van der Waals surface area contributed by atoms with Gasteiger partial charge in [-0.1, -0.05) is 24.0 Å². The van der Waals surface area contributed by atoms with E-state index < -0.39 is 0 Å². The van der Waals surface area contributed by atoms with Gasteiger partial charge in [0.25, 0.3) is 0 Å². The Balaban J connectivity index is 2.55. The van der Waals surface area contributed by atoms with Crippen LogP contribution in [0.4, 0.5) is 4.79 Å². The minimum absolute atomic E-state index is 0.352. The van der Waals surface area contributed by atoms with E-state index in [1.54, 1.807) is 0 Å². The topological polar surface area (TPSA) is 29.5 Å². The molecule has 3 nitrogen and oxygen atoms in total. The molecule has 0 aromatic carbocycles. The Morgan fingerprint density at radius 3 is 3.00 bits per heavy atom. The molecule has 1 fully saturated rings. The van der Waals surface area contributed by atoms with Crippen molar-refractivity contribution in [2.45, 2.75) is 0 Å². The van der Waals surface area contributed by atoms with Crippen LogP contribution in [0.2, 0.25) is 0 Å². The fraction of sp³-hybridized carbons (Fsp3) is 0.600. The SMILES string of the molecule is COC(=O)N1CCSC1=S. The van der Waals surface area contributed by atoms with E-state index in [1.165, 1.54) is 23.8 Å². The fourth-order valence-corrected chi connectivity index (χ4v) is 1.86. The van der Waals surface area contributed by atoms with Gasteiger partial charge in [0.15, 0.2) is 0 Å². The van der Waals surface area contributed by atoms with Crippen molar-refractivity contribution in [3.8, 4) is 0 Å². The third kappa shape index (κ3) is 1.41. The maximum atomic E-state index is 10.8. The average molecular weight is 177 g/mol. The van der Waals surface area contributed by atoms with Crippen molar-refractivity contribution in [2.24, 2.45) is 0 Å². The van der Waals surface area contributed by atoms with Crippen LogP contribution in [-0.2, 0) is 4.74 Å². The summed E-state index contributed by atoms with van der Waals surface area (Å²) in [5.74, 6) is 0.883. The van der Waals surface area contributed by atoms with Gasteiger partial charge in [-0.3, -0.25) is 4.90 Å². The molecule has 0 aromatic rings. The van der Waals surface area contributed by atoms with Crippen molar-refractivity contribution in [3.63, 3.8) is 0 Å². The summed E-state index contributed by atoms with van der Waals surface area (Å²) in [5.41, 5.74) is 0. The Hall–Kier alpha value is -0.290. The molecule has 56 valence electrons. The lowest BCUT2D eigenvalue weighted by Crippen LogP contribution is -2.30. The molecule has 0 atom stereocenters. The maximum Gasteiger partial charge on any atom is 0.415 e. The summed E-state index contributed by atoms with van der Waals surface area (Å²) in [7, 11) is 1.36. The van der Waals surface area contributed by atoms with Gasteiger partial charge in [-0.05, 0) is 0 Å². The molecule has 1 saturated heterocycles. The minimum atomic E-state index is -0.352. The van der Waals surface area contributed by atoms with Crippen molar-refractivity contribution >= 4 is 34.4 Å². The van der Waals surface area contributed by atoms with Gasteiger partial charge in [0, 0.05) is 12.3 Å². The van der Waals surface area contributed by atoms with Gasteiger partial charge in [0.1, 0.15) is 4.32 Å². The van der Waals surface area contributed by atoms with Crippen LogP contribution in [0.1, 0.15) is 0 Å². The maximum absolute atomic E-state index is 10.8. The van der Waals surface area contributed by atoms with Crippen LogP contribution in [0.25, 0.3) is 0 Å². The average Bonchev–Trinajstić information content (AvgIpc) is 2.34. The summed E-state index contributed by atoms with van der Waals surface area (Å²) in [6, 6.07) is 0. The Kier molecular flexibility index (Phi) is 2.50. The summed E-state index contributed by atoms with van der Waals surface area (Å²) in [4.78, 5) is 12.3. The van der Waals surface area contributed by atoms with Crippen LogP contribution in [0, 0.1) is 0 Å². The molecule has 0 radical (unpaired) electrons. The van der Waals surface area contributed by atoms with Crippen LogP contribution < -0.4 is 0 Å². The number of hydrogen-bond acceptors (Lipinski definition) is 4. The molecule has 1 rings (SSSR count). The van der Waals surface area contributed by atoms with Crippen LogP contribution in [0.3, 0.4) is 0 Å². The number of carbonyl (C=O) groups is 1. The highest BCUT2D eigenvalue weighted by molar-refractivity contribution is 8.23. The first-order valence-corrected chi connectivity index (χ1v) is 4.17. The van der Waals surface area contributed by atoms with Crippen molar-refractivity contribution in [2.75, 3.05) is 19.4 Å². The Morgan fingerprint density at radius 1 is 1.90 bits per heavy atom. The Bertz CT molecular complexity index is 171. The quantitative estimate of drug-likeness (QED) is 0.518. The number of thioether (sulfide) groups is 1. The molecule has 5 heteroatoms. The molecular weight excluding hydrogens is 170 g/mol.